The number of halogens is 1. The van der Waals surface area contributed by atoms with Gasteiger partial charge in [0, 0.05) is 13.0 Å². The lowest BCUT2D eigenvalue weighted by atomic mass is 10.0. The molecule has 0 aromatic heterocycles. The van der Waals surface area contributed by atoms with E-state index in [-0.39, 0.29) is 11.7 Å². The minimum absolute atomic E-state index is 0.00454. The second-order valence-corrected chi connectivity index (χ2v) is 5.38. The molecular weight excluding hydrogens is 265 g/mol. The second-order valence-electron chi connectivity index (χ2n) is 5.38. The van der Waals surface area contributed by atoms with Crippen LogP contribution in [0.1, 0.15) is 24.0 Å². The lowest BCUT2D eigenvalue weighted by Gasteiger charge is -2.30. The number of para-hydroxylation sites is 1. The summed E-state index contributed by atoms with van der Waals surface area (Å²) >= 11 is 0. The van der Waals surface area contributed by atoms with Gasteiger partial charge in [0.2, 0.25) is 5.91 Å². The van der Waals surface area contributed by atoms with Crippen molar-refractivity contribution in [2.45, 2.75) is 25.7 Å². The quantitative estimate of drug-likeness (QED) is 0.840. The molecule has 108 valence electrons. The minimum Gasteiger partial charge on any atom is -0.309 e. The van der Waals surface area contributed by atoms with Crippen LogP contribution in [0.3, 0.4) is 0 Å². The predicted octanol–water partition coefficient (Wildman–Crippen LogP) is 3.74. The summed E-state index contributed by atoms with van der Waals surface area (Å²) in [5, 5.41) is 0. The second kappa shape index (κ2) is 6.08. The molecule has 0 fully saturated rings. The SMILES string of the molecule is O=C(CCc1ccccc1)N1CCCc2cccc(F)c21. The molecule has 0 saturated heterocycles. The molecule has 0 aliphatic carbocycles. The zero-order chi connectivity index (χ0) is 14.7. The molecule has 1 aliphatic rings. The Morgan fingerprint density at radius 3 is 2.71 bits per heavy atom. The molecule has 2 nitrogen and oxygen atoms in total. The third-order valence-corrected chi connectivity index (χ3v) is 3.94. The highest BCUT2D eigenvalue weighted by Gasteiger charge is 2.25. The van der Waals surface area contributed by atoms with Gasteiger partial charge in [-0.3, -0.25) is 4.79 Å². The van der Waals surface area contributed by atoms with Gasteiger partial charge < -0.3 is 4.90 Å². The van der Waals surface area contributed by atoms with Crippen LogP contribution in [0.2, 0.25) is 0 Å². The monoisotopic (exact) mass is 283 g/mol. The Morgan fingerprint density at radius 1 is 1.10 bits per heavy atom. The van der Waals surface area contributed by atoms with E-state index in [1.165, 1.54) is 6.07 Å². The van der Waals surface area contributed by atoms with Gasteiger partial charge in [0.15, 0.2) is 0 Å². The average Bonchev–Trinajstić information content (AvgIpc) is 2.53. The van der Waals surface area contributed by atoms with Gasteiger partial charge in [-0.25, -0.2) is 4.39 Å². The fourth-order valence-electron chi connectivity index (χ4n) is 2.88. The summed E-state index contributed by atoms with van der Waals surface area (Å²) in [5.74, 6) is -0.287. The van der Waals surface area contributed by atoms with E-state index >= 15 is 0 Å². The molecule has 0 saturated carbocycles. The van der Waals surface area contributed by atoms with Gasteiger partial charge in [0.25, 0.3) is 0 Å². The molecule has 0 bridgehead atoms. The molecule has 0 spiro atoms. The highest BCUT2D eigenvalue weighted by molar-refractivity contribution is 5.94. The molecule has 1 amide bonds. The molecule has 1 aliphatic heterocycles. The first-order chi connectivity index (χ1) is 10.3. The molecule has 21 heavy (non-hydrogen) atoms. The summed E-state index contributed by atoms with van der Waals surface area (Å²) in [6.07, 6.45) is 2.85. The standard InChI is InChI=1S/C18H18FNO/c19-16-10-4-8-15-9-5-13-20(18(15)16)17(21)12-11-14-6-2-1-3-7-14/h1-4,6-8,10H,5,9,11-13H2. The molecule has 0 N–H and O–H groups in total. The third kappa shape index (κ3) is 2.97. The van der Waals surface area contributed by atoms with Gasteiger partial charge in [-0.2, -0.15) is 0 Å². The Labute approximate surface area is 124 Å². The number of hydrogen-bond donors (Lipinski definition) is 0. The van der Waals surface area contributed by atoms with E-state index in [9.17, 15) is 9.18 Å². The topological polar surface area (TPSA) is 20.3 Å². The molecule has 2 aromatic rings. The van der Waals surface area contributed by atoms with Gasteiger partial charge in [-0.15, -0.1) is 0 Å². The first-order valence-corrected chi connectivity index (χ1v) is 7.37. The minimum atomic E-state index is -0.291. The van der Waals surface area contributed by atoms with E-state index in [0.717, 1.165) is 24.0 Å². The van der Waals surface area contributed by atoms with Crippen LogP contribution in [0.15, 0.2) is 48.5 Å². The van der Waals surface area contributed by atoms with E-state index in [1.54, 1.807) is 11.0 Å². The number of anilines is 1. The Morgan fingerprint density at radius 2 is 1.90 bits per heavy atom. The molecule has 3 rings (SSSR count). The molecular formula is C18H18FNO. The molecule has 0 unspecified atom stereocenters. The maximum Gasteiger partial charge on any atom is 0.227 e. The average molecular weight is 283 g/mol. The fraction of sp³-hybridized carbons (Fsp3) is 0.278. The van der Waals surface area contributed by atoms with Crippen molar-refractivity contribution in [3.63, 3.8) is 0 Å². The van der Waals surface area contributed by atoms with Crippen LogP contribution < -0.4 is 4.90 Å². The van der Waals surface area contributed by atoms with E-state index < -0.39 is 0 Å². The van der Waals surface area contributed by atoms with Crippen LogP contribution in [0.5, 0.6) is 0 Å². The lowest BCUT2D eigenvalue weighted by molar-refractivity contribution is -0.118. The van der Waals surface area contributed by atoms with Crippen LogP contribution in [0, 0.1) is 5.82 Å². The van der Waals surface area contributed by atoms with Gasteiger partial charge >= 0.3 is 0 Å². The van der Waals surface area contributed by atoms with Gasteiger partial charge in [-0.1, -0.05) is 42.5 Å². The number of nitrogens with zero attached hydrogens (tertiary/aromatic N) is 1. The first-order valence-electron chi connectivity index (χ1n) is 7.37. The van der Waals surface area contributed by atoms with Crippen molar-refractivity contribution >= 4 is 11.6 Å². The Bertz CT molecular complexity index is 639. The van der Waals surface area contributed by atoms with Crippen molar-refractivity contribution in [3.05, 3.63) is 65.5 Å². The van der Waals surface area contributed by atoms with Crippen LogP contribution in [-0.2, 0) is 17.6 Å². The van der Waals surface area contributed by atoms with Crippen molar-refractivity contribution in [1.29, 1.82) is 0 Å². The smallest absolute Gasteiger partial charge is 0.227 e. The molecule has 3 heteroatoms. The number of benzene rings is 2. The van der Waals surface area contributed by atoms with Crippen LogP contribution >= 0.6 is 0 Å². The van der Waals surface area contributed by atoms with Crippen molar-refractivity contribution in [3.8, 4) is 0 Å². The number of amides is 1. The zero-order valence-corrected chi connectivity index (χ0v) is 11.9. The van der Waals surface area contributed by atoms with Crippen molar-refractivity contribution < 1.29 is 9.18 Å². The molecule has 0 radical (unpaired) electrons. The first kappa shape index (κ1) is 13.8. The maximum atomic E-state index is 14.1. The predicted molar refractivity (Wildman–Crippen MR) is 81.8 cm³/mol. The number of rotatable bonds is 3. The van der Waals surface area contributed by atoms with Crippen molar-refractivity contribution in [1.82, 2.24) is 0 Å². The summed E-state index contributed by atoms with van der Waals surface area (Å²) in [6.45, 7) is 0.613. The highest BCUT2D eigenvalue weighted by atomic mass is 19.1. The van der Waals surface area contributed by atoms with Crippen LogP contribution in [0.4, 0.5) is 10.1 Å². The fourth-order valence-corrected chi connectivity index (χ4v) is 2.88. The number of carbonyl (C=O) groups excluding carboxylic acids is 1. The maximum absolute atomic E-state index is 14.1. The van der Waals surface area contributed by atoms with Crippen LogP contribution in [0.25, 0.3) is 0 Å². The number of hydrogen-bond acceptors (Lipinski definition) is 1. The highest BCUT2D eigenvalue weighted by Crippen LogP contribution is 2.30. The van der Waals surface area contributed by atoms with E-state index in [2.05, 4.69) is 0 Å². The summed E-state index contributed by atoms with van der Waals surface area (Å²) in [5.41, 5.74) is 2.56. The van der Waals surface area contributed by atoms with E-state index in [4.69, 9.17) is 0 Å². The van der Waals surface area contributed by atoms with Gasteiger partial charge in [0.05, 0.1) is 5.69 Å². The lowest BCUT2D eigenvalue weighted by Crippen LogP contribution is -2.36. The van der Waals surface area contributed by atoms with E-state index in [0.29, 0.717) is 25.1 Å². The zero-order valence-electron chi connectivity index (χ0n) is 11.9. The summed E-state index contributed by atoms with van der Waals surface area (Å²) < 4.78 is 14.1. The summed E-state index contributed by atoms with van der Waals surface area (Å²) in [4.78, 5) is 14.1. The summed E-state index contributed by atoms with van der Waals surface area (Å²) in [6, 6.07) is 15.0. The Balaban J connectivity index is 1.75. The Kier molecular flexibility index (Phi) is 4.00. The van der Waals surface area contributed by atoms with E-state index in [1.807, 2.05) is 36.4 Å². The normalized spacial score (nSPS) is 13.9. The molecule has 2 aromatic carbocycles. The Hall–Kier alpha value is -2.16. The van der Waals surface area contributed by atoms with Crippen molar-refractivity contribution in [2.24, 2.45) is 0 Å². The molecule has 0 atom stereocenters. The number of fused-ring (bicyclic) bond motifs is 1. The largest absolute Gasteiger partial charge is 0.309 e. The third-order valence-electron chi connectivity index (χ3n) is 3.94. The van der Waals surface area contributed by atoms with Gasteiger partial charge in [0.1, 0.15) is 5.82 Å². The number of aryl methyl sites for hydroxylation is 2. The number of carbonyl (C=O) groups is 1. The van der Waals surface area contributed by atoms with Crippen LogP contribution in [-0.4, -0.2) is 12.5 Å². The summed E-state index contributed by atoms with van der Waals surface area (Å²) in [7, 11) is 0. The molecule has 1 heterocycles. The van der Waals surface area contributed by atoms with Gasteiger partial charge in [-0.05, 0) is 36.5 Å². The van der Waals surface area contributed by atoms with Crippen molar-refractivity contribution in [2.75, 3.05) is 11.4 Å².